The zero-order chi connectivity index (χ0) is 25.8. The van der Waals surface area contributed by atoms with Crippen LogP contribution in [-0.4, -0.2) is 33.0 Å². The molecule has 3 N–H and O–H groups in total. The lowest BCUT2D eigenvalue weighted by Gasteiger charge is -2.12. The number of aromatic nitrogens is 1. The average Bonchev–Trinajstić information content (AvgIpc) is 2.83. The number of benzene rings is 2. The van der Waals surface area contributed by atoms with Crippen molar-refractivity contribution in [3.63, 3.8) is 0 Å². The fraction of sp³-hybridized carbons (Fsp3) is 0.182. The fourth-order valence-electron chi connectivity index (χ4n) is 2.95. The van der Waals surface area contributed by atoms with Gasteiger partial charge in [0.1, 0.15) is 15.7 Å². The van der Waals surface area contributed by atoms with Crippen molar-refractivity contribution in [1.29, 1.82) is 0 Å². The summed E-state index contributed by atoms with van der Waals surface area (Å²) < 4.78 is 84.0. The van der Waals surface area contributed by atoms with Gasteiger partial charge in [0.2, 0.25) is 10.0 Å². The van der Waals surface area contributed by atoms with Crippen LogP contribution in [0.3, 0.4) is 0 Å². The van der Waals surface area contributed by atoms with Crippen LogP contribution in [0.25, 0.3) is 0 Å². The number of carbonyl (C=O) groups is 1. The molecule has 3 rings (SSSR count). The Kier molecular flexibility index (Phi) is 8.35. The Morgan fingerprint density at radius 1 is 1.09 bits per heavy atom. The van der Waals surface area contributed by atoms with Crippen LogP contribution < -0.4 is 15.2 Å². The van der Waals surface area contributed by atoms with Crippen molar-refractivity contribution in [3.8, 4) is 5.75 Å². The second-order valence-electron chi connectivity index (χ2n) is 7.18. The molecule has 0 saturated heterocycles. The first kappa shape index (κ1) is 26.4. The van der Waals surface area contributed by atoms with Crippen LogP contribution in [0.4, 0.5) is 17.6 Å². The van der Waals surface area contributed by atoms with Gasteiger partial charge in [-0.05, 0) is 36.6 Å². The molecule has 2 aromatic carbocycles. The number of carbonyl (C=O) groups excluding carboxylic acids is 1. The number of hydrogen-bond donors (Lipinski definition) is 2. The van der Waals surface area contributed by atoms with Crippen LogP contribution in [0.15, 0.2) is 57.4 Å². The molecule has 7 nitrogen and oxygen atoms in total. The molecule has 0 bridgehead atoms. The van der Waals surface area contributed by atoms with Gasteiger partial charge in [-0.1, -0.05) is 23.9 Å². The standard InChI is InChI=1S/C22H19F4N3O4S2/c1-33-13-6-4-12(5-7-13)3-2-8-28-21(30)15-9-14(35(27,31)32)11-29-22(15)34-20-18(25)16(23)10-17(24)19(20)26/h4-7,9-11H,2-3,8H2,1H3,(H,28,30)(H2,27,31,32). The molecular weight excluding hydrogens is 510 g/mol. The minimum Gasteiger partial charge on any atom is -0.497 e. The number of nitrogens with two attached hydrogens (primary N) is 1. The van der Waals surface area contributed by atoms with Crippen LogP contribution in [-0.2, 0) is 16.4 Å². The summed E-state index contributed by atoms with van der Waals surface area (Å²) in [4.78, 5) is 14.9. The quantitative estimate of drug-likeness (QED) is 0.248. The molecule has 0 aliphatic carbocycles. The number of halogens is 4. The van der Waals surface area contributed by atoms with Crippen molar-refractivity contribution in [2.24, 2.45) is 5.14 Å². The number of nitrogens with zero attached hydrogens (tertiary/aromatic N) is 1. The minimum atomic E-state index is -4.28. The normalized spacial score (nSPS) is 11.4. The predicted octanol–water partition coefficient (Wildman–Crippen LogP) is 3.81. The molecule has 0 spiro atoms. The number of aryl methyl sites for hydroxylation is 1. The van der Waals surface area contributed by atoms with Crippen LogP contribution in [0, 0.1) is 23.3 Å². The first-order valence-corrected chi connectivity index (χ1v) is 12.3. The lowest BCUT2D eigenvalue weighted by molar-refractivity contribution is 0.0949. The molecule has 0 fully saturated rings. The molecule has 3 aromatic rings. The monoisotopic (exact) mass is 529 g/mol. The summed E-state index contributed by atoms with van der Waals surface area (Å²) in [5.41, 5.74) is 0.586. The number of nitrogens with one attached hydrogen (secondary N) is 1. The smallest absolute Gasteiger partial charge is 0.254 e. The molecule has 1 amide bonds. The van der Waals surface area contributed by atoms with Crippen molar-refractivity contribution in [3.05, 3.63) is 77.0 Å². The molecule has 13 heteroatoms. The Morgan fingerprint density at radius 2 is 1.71 bits per heavy atom. The molecule has 186 valence electrons. The summed E-state index contributed by atoms with van der Waals surface area (Å²) in [6.07, 6.45) is 1.87. The summed E-state index contributed by atoms with van der Waals surface area (Å²) in [7, 11) is -2.73. The van der Waals surface area contributed by atoms with Crippen LogP contribution in [0.5, 0.6) is 5.75 Å². The van der Waals surface area contributed by atoms with Gasteiger partial charge in [0.05, 0.1) is 17.6 Å². The molecule has 0 atom stereocenters. The van der Waals surface area contributed by atoms with E-state index in [1.165, 1.54) is 0 Å². The maximum atomic E-state index is 14.1. The number of methoxy groups -OCH3 is 1. The Labute approximate surface area is 202 Å². The molecule has 1 aromatic heterocycles. The summed E-state index contributed by atoms with van der Waals surface area (Å²) in [6.45, 7) is 0.159. The third-order valence-electron chi connectivity index (χ3n) is 4.76. The van der Waals surface area contributed by atoms with Crippen LogP contribution in [0.1, 0.15) is 22.3 Å². The second-order valence-corrected chi connectivity index (χ2v) is 9.74. The molecule has 0 aliphatic rings. The third-order valence-corrected chi connectivity index (χ3v) is 6.72. The summed E-state index contributed by atoms with van der Waals surface area (Å²) in [6, 6.07) is 8.20. The Morgan fingerprint density at radius 3 is 2.29 bits per heavy atom. The van der Waals surface area contributed by atoms with Crippen LogP contribution >= 0.6 is 11.8 Å². The third kappa shape index (κ3) is 6.50. The van der Waals surface area contributed by atoms with Gasteiger partial charge in [-0.15, -0.1) is 0 Å². The number of ether oxygens (including phenoxy) is 1. The molecule has 0 saturated carbocycles. The lowest BCUT2D eigenvalue weighted by Crippen LogP contribution is -2.26. The van der Waals surface area contributed by atoms with Crippen molar-refractivity contribution >= 4 is 27.7 Å². The van der Waals surface area contributed by atoms with Gasteiger partial charge in [0, 0.05) is 18.8 Å². The van der Waals surface area contributed by atoms with Gasteiger partial charge in [-0.3, -0.25) is 4.79 Å². The summed E-state index contributed by atoms with van der Waals surface area (Å²) in [5.74, 6) is -6.78. The summed E-state index contributed by atoms with van der Waals surface area (Å²) >= 11 is 0.134. The number of hydrogen-bond acceptors (Lipinski definition) is 6. The van der Waals surface area contributed by atoms with E-state index in [0.29, 0.717) is 18.6 Å². The number of pyridine rings is 1. The van der Waals surface area contributed by atoms with Crippen molar-refractivity contribution in [1.82, 2.24) is 10.3 Å². The molecule has 0 radical (unpaired) electrons. The topological polar surface area (TPSA) is 111 Å². The van der Waals surface area contributed by atoms with Crippen molar-refractivity contribution in [2.75, 3.05) is 13.7 Å². The highest BCUT2D eigenvalue weighted by Gasteiger charge is 2.24. The number of sulfonamides is 1. The number of amides is 1. The number of primary sulfonamides is 1. The maximum Gasteiger partial charge on any atom is 0.254 e. The Balaban J connectivity index is 1.81. The van der Waals surface area contributed by atoms with E-state index in [1.54, 1.807) is 19.2 Å². The number of rotatable bonds is 9. The van der Waals surface area contributed by atoms with E-state index in [2.05, 4.69) is 10.3 Å². The van der Waals surface area contributed by atoms with Crippen molar-refractivity contribution < 1.29 is 35.5 Å². The van der Waals surface area contributed by atoms with E-state index >= 15 is 0 Å². The van der Waals surface area contributed by atoms with E-state index in [4.69, 9.17) is 9.88 Å². The van der Waals surface area contributed by atoms with E-state index in [-0.39, 0.29) is 29.4 Å². The van der Waals surface area contributed by atoms with Gasteiger partial charge in [0.15, 0.2) is 23.3 Å². The van der Waals surface area contributed by atoms with Gasteiger partial charge >= 0.3 is 0 Å². The average molecular weight is 530 g/mol. The Hall–Kier alpha value is -3.16. The first-order valence-electron chi connectivity index (χ1n) is 9.96. The van der Waals surface area contributed by atoms with E-state index in [0.717, 1.165) is 17.8 Å². The second kappa shape index (κ2) is 11.1. The zero-order valence-corrected chi connectivity index (χ0v) is 19.8. The van der Waals surface area contributed by atoms with E-state index in [1.807, 2.05) is 12.1 Å². The highest BCUT2D eigenvalue weighted by molar-refractivity contribution is 7.99. The molecule has 1 heterocycles. The van der Waals surface area contributed by atoms with E-state index in [9.17, 15) is 30.8 Å². The van der Waals surface area contributed by atoms with Crippen LogP contribution in [0.2, 0.25) is 0 Å². The predicted molar refractivity (Wildman–Crippen MR) is 120 cm³/mol. The largest absolute Gasteiger partial charge is 0.497 e. The van der Waals surface area contributed by atoms with Gasteiger partial charge < -0.3 is 10.1 Å². The molecule has 0 aliphatic heterocycles. The summed E-state index contributed by atoms with van der Waals surface area (Å²) in [5, 5.41) is 7.27. The minimum absolute atomic E-state index is 0.0443. The van der Waals surface area contributed by atoms with Gasteiger partial charge in [-0.2, -0.15) is 0 Å². The molecule has 0 unspecified atom stereocenters. The zero-order valence-electron chi connectivity index (χ0n) is 18.1. The highest BCUT2D eigenvalue weighted by Crippen LogP contribution is 2.35. The molecular formula is C22H19F4N3O4S2. The highest BCUT2D eigenvalue weighted by atomic mass is 32.2. The van der Waals surface area contributed by atoms with Crippen molar-refractivity contribution in [2.45, 2.75) is 27.7 Å². The van der Waals surface area contributed by atoms with Gasteiger partial charge in [-0.25, -0.2) is 36.1 Å². The van der Waals surface area contributed by atoms with E-state index < -0.39 is 54.6 Å². The SMILES string of the molecule is COc1ccc(CCCNC(=O)c2cc(S(N)(=O)=O)cnc2Sc2c(F)c(F)cc(F)c2F)cc1. The molecule has 35 heavy (non-hydrogen) atoms. The maximum absolute atomic E-state index is 14.1. The first-order chi connectivity index (χ1) is 16.5. The lowest BCUT2D eigenvalue weighted by atomic mass is 10.1. The Bertz CT molecular complexity index is 1330. The fourth-order valence-corrected chi connectivity index (χ4v) is 4.37. The van der Waals surface area contributed by atoms with Gasteiger partial charge in [0.25, 0.3) is 5.91 Å².